The van der Waals surface area contributed by atoms with Gasteiger partial charge in [-0.3, -0.25) is 4.79 Å². The Morgan fingerprint density at radius 2 is 2.50 bits per heavy atom. The van der Waals surface area contributed by atoms with E-state index in [-0.39, 0.29) is 6.04 Å². The molecule has 0 aromatic rings. The van der Waals surface area contributed by atoms with Gasteiger partial charge in [0.05, 0.1) is 0 Å². The largest absolute Gasteiger partial charge is 0.480 e. The Morgan fingerprint density at radius 3 is 2.75 bits per heavy atom. The van der Waals surface area contributed by atoms with Crippen LogP contribution in [0.25, 0.3) is 0 Å². The Bertz CT molecular complexity index is 96.6. The third-order valence-electron chi connectivity index (χ3n) is 1.36. The van der Waals surface area contributed by atoms with Gasteiger partial charge >= 0.3 is 5.97 Å². The van der Waals surface area contributed by atoms with Crippen molar-refractivity contribution in [1.29, 1.82) is 0 Å². The molecule has 2 N–H and O–H groups in total. The topological polar surface area (TPSA) is 49.3 Å². The van der Waals surface area contributed by atoms with Crippen molar-refractivity contribution in [3.8, 4) is 0 Å². The van der Waals surface area contributed by atoms with Crippen molar-refractivity contribution in [2.75, 3.05) is 6.54 Å². The van der Waals surface area contributed by atoms with Crippen LogP contribution in [0.5, 0.6) is 0 Å². The lowest BCUT2D eigenvalue weighted by atomic mass is 10.2. The van der Waals surface area contributed by atoms with Crippen molar-refractivity contribution in [3.05, 3.63) is 0 Å². The Morgan fingerprint density at radius 1 is 1.75 bits per heavy atom. The summed E-state index contributed by atoms with van der Waals surface area (Å²) < 4.78 is 0. The first-order valence-electron chi connectivity index (χ1n) is 2.77. The number of carboxylic acid groups (broad SMARTS) is 1. The van der Waals surface area contributed by atoms with Gasteiger partial charge in [0, 0.05) is 0 Å². The summed E-state index contributed by atoms with van der Waals surface area (Å²) >= 11 is 0. The lowest BCUT2D eigenvalue weighted by molar-refractivity contribution is -0.139. The standard InChI is InChI=1S/C5H9NO2/c7-5(8)4-2-1-3-6-4/h4,6H,1-3H2,(H,7,8)/t4-/m0/s1/i6+1. The molecule has 0 radical (unpaired) electrons. The van der Waals surface area contributed by atoms with Gasteiger partial charge in [-0.25, -0.2) is 0 Å². The maximum Gasteiger partial charge on any atom is 0.320 e. The van der Waals surface area contributed by atoms with Crippen LogP contribution in [-0.2, 0) is 4.79 Å². The quantitative estimate of drug-likeness (QED) is 0.467. The average Bonchev–Trinajstić information content (AvgIpc) is 2.12. The van der Waals surface area contributed by atoms with Crippen molar-refractivity contribution < 1.29 is 9.90 Å². The van der Waals surface area contributed by atoms with E-state index in [0.29, 0.717) is 0 Å². The predicted octanol–water partition coefficient (Wildman–Crippen LogP) is -0.177. The van der Waals surface area contributed by atoms with Crippen molar-refractivity contribution in [1.82, 2.24) is 5.32 Å². The zero-order valence-electron chi connectivity index (χ0n) is 4.55. The second-order valence-corrected chi connectivity index (χ2v) is 1.99. The van der Waals surface area contributed by atoms with E-state index in [2.05, 4.69) is 5.32 Å². The molecule has 3 heteroatoms. The number of hydrogen-bond donors (Lipinski definition) is 2. The molecular formula is C5H9NO2. The van der Waals surface area contributed by atoms with Crippen LogP contribution in [0.2, 0.25) is 0 Å². The summed E-state index contributed by atoms with van der Waals surface area (Å²) in [6.45, 7) is 0.858. The average molecular weight is 116 g/mol. The van der Waals surface area contributed by atoms with E-state index in [4.69, 9.17) is 5.11 Å². The first-order valence-corrected chi connectivity index (χ1v) is 2.77. The third kappa shape index (κ3) is 0.980. The molecule has 1 heterocycles. The molecule has 3 nitrogen and oxygen atoms in total. The minimum absolute atomic E-state index is 0.269. The second-order valence-electron chi connectivity index (χ2n) is 1.99. The van der Waals surface area contributed by atoms with Crippen LogP contribution in [0.4, 0.5) is 0 Å². The van der Waals surface area contributed by atoms with Crippen molar-refractivity contribution >= 4 is 5.97 Å². The van der Waals surface area contributed by atoms with Gasteiger partial charge in [-0.2, -0.15) is 0 Å². The van der Waals surface area contributed by atoms with Gasteiger partial charge in [0.2, 0.25) is 0 Å². The number of rotatable bonds is 1. The van der Waals surface area contributed by atoms with Gasteiger partial charge in [0.15, 0.2) is 0 Å². The zero-order valence-corrected chi connectivity index (χ0v) is 4.55. The van der Waals surface area contributed by atoms with Crippen LogP contribution in [0.3, 0.4) is 0 Å². The van der Waals surface area contributed by atoms with Gasteiger partial charge in [-0.15, -0.1) is 0 Å². The Balaban J connectivity index is 2.35. The Labute approximate surface area is 47.7 Å². The van der Waals surface area contributed by atoms with Crippen molar-refractivity contribution in [2.45, 2.75) is 18.9 Å². The summed E-state index contributed by atoms with van der Waals surface area (Å²) in [6.07, 6.45) is 1.78. The van der Waals surface area contributed by atoms with Gasteiger partial charge in [0.25, 0.3) is 0 Å². The molecule has 1 fully saturated rings. The maximum absolute atomic E-state index is 10.1. The van der Waals surface area contributed by atoms with E-state index in [1.807, 2.05) is 0 Å². The lowest BCUT2D eigenvalue weighted by Gasteiger charge is -1.99. The van der Waals surface area contributed by atoms with E-state index in [1.54, 1.807) is 0 Å². The monoisotopic (exact) mass is 116 g/mol. The summed E-state index contributed by atoms with van der Waals surface area (Å²) in [7, 11) is 0. The van der Waals surface area contributed by atoms with Gasteiger partial charge in [-0.05, 0) is 19.4 Å². The summed E-state index contributed by atoms with van der Waals surface area (Å²) in [5.41, 5.74) is 0. The lowest BCUT2D eigenvalue weighted by Crippen LogP contribution is -2.29. The third-order valence-corrected chi connectivity index (χ3v) is 1.36. The molecule has 0 amide bonds. The first kappa shape index (κ1) is 5.56. The molecule has 46 valence electrons. The molecule has 0 spiro atoms. The van der Waals surface area contributed by atoms with Crippen LogP contribution < -0.4 is 5.32 Å². The van der Waals surface area contributed by atoms with E-state index in [0.717, 1.165) is 19.4 Å². The fourth-order valence-corrected chi connectivity index (χ4v) is 0.895. The highest BCUT2D eigenvalue weighted by molar-refractivity contribution is 5.73. The molecule has 0 aromatic carbocycles. The van der Waals surface area contributed by atoms with Crippen LogP contribution in [0, 0.1) is 0 Å². The molecule has 1 aliphatic rings. The van der Waals surface area contributed by atoms with E-state index >= 15 is 0 Å². The summed E-state index contributed by atoms with van der Waals surface area (Å²) in [5.74, 6) is -0.720. The smallest absolute Gasteiger partial charge is 0.320 e. The zero-order chi connectivity index (χ0) is 5.98. The molecule has 8 heavy (non-hydrogen) atoms. The van der Waals surface area contributed by atoms with Crippen molar-refractivity contribution in [2.24, 2.45) is 0 Å². The minimum atomic E-state index is -0.720. The van der Waals surface area contributed by atoms with Gasteiger partial charge in [-0.1, -0.05) is 0 Å². The first-order chi connectivity index (χ1) is 3.80. The Kier molecular flexibility index (Phi) is 1.48. The van der Waals surface area contributed by atoms with Crippen LogP contribution in [-0.4, -0.2) is 23.7 Å². The van der Waals surface area contributed by atoms with E-state index in [1.165, 1.54) is 0 Å². The number of aliphatic carboxylic acids is 1. The molecule has 0 aromatic heterocycles. The number of carbonyl (C=O) groups is 1. The summed E-state index contributed by atoms with van der Waals surface area (Å²) in [6, 6.07) is -0.269. The molecule has 0 unspecified atom stereocenters. The maximum atomic E-state index is 10.1. The fourth-order valence-electron chi connectivity index (χ4n) is 0.895. The minimum Gasteiger partial charge on any atom is -0.480 e. The fraction of sp³-hybridized carbons (Fsp3) is 0.800. The molecule has 0 aliphatic carbocycles. The highest BCUT2D eigenvalue weighted by atomic mass is 16.4. The highest BCUT2D eigenvalue weighted by Gasteiger charge is 2.20. The van der Waals surface area contributed by atoms with E-state index in [9.17, 15) is 4.79 Å². The summed E-state index contributed by atoms with van der Waals surface area (Å²) in [5, 5.41) is 11.2. The van der Waals surface area contributed by atoms with Gasteiger partial charge < -0.3 is 10.4 Å². The Hall–Kier alpha value is -0.570. The van der Waals surface area contributed by atoms with Crippen LogP contribution >= 0.6 is 0 Å². The van der Waals surface area contributed by atoms with Crippen LogP contribution in [0.1, 0.15) is 12.8 Å². The van der Waals surface area contributed by atoms with Crippen molar-refractivity contribution in [3.63, 3.8) is 0 Å². The molecule has 0 bridgehead atoms. The predicted molar refractivity (Wildman–Crippen MR) is 28.7 cm³/mol. The van der Waals surface area contributed by atoms with E-state index < -0.39 is 5.97 Å². The number of nitrogens with one attached hydrogen (secondary N) is 1. The molecule has 1 atom stereocenters. The SMILES string of the molecule is O=C(O)[C@@H]1CCC[15NH]1. The normalized spacial score (nSPS) is 28.2. The summed E-state index contributed by atoms with van der Waals surface area (Å²) in [4.78, 5) is 10.1. The molecule has 1 rings (SSSR count). The molecular weight excluding hydrogens is 107 g/mol. The highest BCUT2D eigenvalue weighted by Crippen LogP contribution is 2.03. The number of carboxylic acids is 1. The molecule has 1 aliphatic heterocycles. The van der Waals surface area contributed by atoms with Crippen LogP contribution in [0.15, 0.2) is 0 Å². The second kappa shape index (κ2) is 2.13. The molecule has 0 saturated carbocycles. The number of hydrogen-bond acceptors (Lipinski definition) is 2. The van der Waals surface area contributed by atoms with Gasteiger partial charge in [0.1, 0.15) is 6.04 Å². The molecule has 1 saturated heterocycles.